The van der Waals surface area contributed by atoms with Crippen molar-refractivity contribution in [3.63, 3.8) is 0 Å². The van der Waals surface area contributed by atoms with Crippen LogP contribution in [0.25, 0.3) is 11.3 Å². The summed E-state index contributed by atoms with van der Waals surface area (Å²) in [5.74, 6) is 0.327. The van der Waals surface area contributed by atoms with Gasteiger partial charge in [-0.25, -0.2) is 23.4 Å². The van der Waals surface area contributed by atoms with E-state index in [-0.39, 0.29) is 24.6 Å². The van der Waals surface area contributed by atoms with Gasteiger partial charge in [0.25, 0.3) is 0 Å². The fourth-order valence-electron chi connectivity index (χ4n) is 3.37. The third kappa shape index (κ3) is 4.04. The number of ether oxygens (including phenoxy) is 2. The quantitative estimate of drug-likeness (QED) is 0.619. The van der Waals surface area contributed by atoms with Gasteiger partial charge in [0, 0.05) is 31.0 Å². The van der Waals surface area contributed by atoms with E-state index in [0.717, 1.165) is 11.1 Å². The molecule has 0 radical (unpaired) electrons. The van der Waals surface area contributed by atoms with E-state index in [0.29, 0.717) is 17.1 Å². The number of methoxy groups -OCH3 is 1. The van der Waals surface area contributed by atoms with Gasteiger partial charge in [-0.1, -0.05) is 12.1 Å². The number of hydrogen-bond donors (Lipinski definition) is 0. The number of rotatable bonds is 5. The van der Waals surface area contributed by atoms with E-state index in [2.05, 4.69) is 15.0 Å². The van der Waals surface area contributed by atoms with Gasteiger partial charge in [-0.15, -0.1) is 0 Å². The zero-order chi connectivity index (χ0) is 21.1. The first kappa shape index (κ1) is 20.4. The first-order chi connectivity index (χ1) is 14.5. The predicted octanol–water partition coefficient (Wildman–Crippen LogP) is 2.62. The van der Waals surface area contributed by atoms with Crippen LogP contribution in [0.5, 0.6) is 5.75 Å². The molecule has 4 rings (SSSR count). The molecule has 2 aromatic heterocycles. The van der Waals surface area contributed by atoms with Crippen LogP contribution in [0.3, 0.4) is 0 Å². The summed E-state index contributed by atoms with van der Waals surface area (Å²) in [4.78, 5) is 12.9. The van der Waals surface area contributed by atoms with E-state index >= 15 is 0 Å². The van der Waals surface area contributed by atoms with Crippen LogP contribution in [0.2, 0.25) is 0 Å². The molecule has 1 aliphatic rings. The predicted molar refractivity (Wildman–Crippen MR) is 110 cm³/mol. The van der Waals surface area contributed by atoms with Crippen LogP contribution in [0.4, 0.5) is 0 Å². The minimum Gasteiger partial charge on any atom is -0.495 e. The molecule has 0 bridgehead atoms. The molecule has 1 aromatic carbocycles. The van der Waals surface area contributed by atoms with Gasteiger partial charge in [-0.2, -0.15) is 4.31 Å². The van der Waals surface area contributed by atoms with E-state index in [9.17, 15) is 8.42 Å². The molecule has 9 heteroatoms. The van der Waals surface area contributed by atoms with Crippen LogP contribution in [-0.4, -0.2) is 54.5 Å². The summed E-state index contributed by atoms with van der Waals surface area (Å²) < 4.78 is 39.3. The second-order valence-corrected chi connectivity index (χ2v) is 8.86. The van der Waals surface area contributed by atoms with E-state index in [4.69, 9.17) is 9.47 Å². The highest BCUT2D eigenvalue weighted by atomic mass is 32.2. The van der Waals surface area contributed by atoms with Crippen LogP contribution < -0.4 is 4.74 Å². The average Bonchev–Trinajstić information content (AvgIpc) is 2.80. The lowest BCUT2D eigenvalue weighted by Crippen LogP contribution is -2.42. The van der Waals surface area contributed by atoms with Gasteiger partial charge in [0.2, 0.25) is 10.0 Å². The van der Waals surface area contributed by atoms with Crippen molar-refractivity contribution in [2.24, 2.45) is 0 Å². The lowest BCUT2D eigenvalue weighted by atomic mass is 10.1. The number of morpholine rings is 1. The molecule has 0 spiro atoms. The Morgan fingerprint density at radius 3 is 2.73 bits per heavy atom. The molecule has 1 fully saturated rings. The largest absolute Gasteiger partial charge is 0.495 e. The van der Waals surface area contributed by atoms with Crippen LogP contribution in [0, 0.1) is 6.92 Å². The Labute approximate surface area is 175 Å². The molecule has 0 aliphatic carbocycles. The van der Waals surface area contributed by atoms with Crippen molar-refractivity contribution in [2.75, 3.05) is 26.8 Å². The Morgan fingerprint density at radius 2 is 1.97 bits per heavy atom. The van der Waals surface area contributed by atoms with Crippen molar-refractivity contribution in [1.29, 1.82) is 0 Å². The number of pyridine rings is 1. The first-order valence-electron chi connectivity index (χ1n) is 9.48. The number of nitrogens with zero attached hydrogens (tertiary/aromatic N) is 4. The summed E-state index contributed by atoms with van der Waals surface area (Å²) in [6.07, 6.45) is 4.34. The molecule has 1 atom stereocenters. The van der Waals surface area contributed by atoms with Crippen molar-refractivity contribution >= 4 is 10.0 Å². The Bertz CT molecular complexity index is 1140. The molecular formula is C21H22N4O4S. The highest BCUT2D eigenvalue weighted by Gasteiger charge is 2.34. The maximum atomic E-state index is 13.3. The molecule has 156 valence electrons. The standard InChI is InChI=1S/C21H22N4O4S/c1-15-6-7-19(28-2)21(10-15)30(26,27)25-8-9-29-20(13-25)18-5-3-4-17(24-18)16-11-22-14-23-12-16/h3-7,10-12,14,20H,8-9,13H2,1-2H3/t20-/m0/s1. The lowest BCUT2D eigenvalue weighted by Gasteiger charge is -2.32. The number of benzene rings is 1. The maximum absolute atomic E-state index is 13.3. The number of sulfonamides is 1. The Balaban J connectivity index is 1.62. The summed E-state index contributed by atoms with van der Waals surface area (Å²) in [6, 6.07) is 10.7. The van der Waals surface area contributed by atoms with Crippen molar-refractivity contribution in [1.82, 2.24) is 19.3 Å². The van der Waals surface area contributed by atoms with E-state index in [1.165, 1.54) is 17.7 Å². The van der Waals surface area contributed by atoms with Gasteiger partial charge >= 0.3 is 0 Å². The van der Waals surface area contributed by atoms with Gasteiger partial charge in [0.05, 0.1) is 25.1 Å². The van der Waals surface area contributed by atoms with Crippen molar-refractivity contribution < 1.29 is 17.9 Å². The fraction of sp³-hybridized carbons (Fsp3) is 0.286. The summed E-state index contributed by atoms with van der Waals surface area (Å²) in [6.45, 7) is 2.56. The first-order valence-corrected chi connectivity index (χ1v) is 10.9. The Kier molecular flexibility index (Phi) is 5.76. The van der Waals surface area contributed by atoms with Crippen molar-refractivity contribution in [3.05, 3.63) is 66.4 Å². The molecule has 0 unspecified atom stereocenters. The molecule has 30 heavy (non-hydrogen) atoms. The molecule has 0 N–H and O–H groups in total. The van der Waals surface area contributed by atoms with Crippen LogP contribution in [0.15, 0.2) is 60.0 Å². The average molecular weight is 426 g/mol. The topological polar surface area (TPSA) is 94.5 Å². The minimum absolute atomic E-state index is 0.161. The maximum Gasteiger partial charge on any atom is 0.246 e. The molecule has 3 heterocycles. The third-order valence-corrected chi connectivity index (χ3v) is 6.81. The summed E-state index contributed by atoms with van der Waals surface area (Å²) in [5.41, 5.74) is 2.99. The van der Waals surface area contributed by atoms with Gasteiger partial charge in [0.1, 0.15) is 23.1 Å². The summed E-state index contributed by atoms with van der Waals surface area (Å²) in [7, 11) is -2.28. The molecule has 3 aromatic rings. The van der Waals surface area contributed by atoms with Crippen LogP contribution in [-0.2, 0) is 14.8 Å². The van der Waals surface area contributed by atoms with E-state index in [1.54, 1.807) is 24.5 Å². The molecule has 1 aliphatic heterocycles. The molecule has 0 saturated carbocycles. The van der Waals surface area contributed by atoms with Gasteiger partial charge in [-0.3, -0.25) is 0 Å². The smallest absolute Gasteiger partial charge is 0.246 e. The number of hydrogen-bond acceptors (Lipinski definition) is 7. The molecule has 0 amide bonds. The van der Waals surface area contributed by atoms with Crippen molar-refractivity contribution in [2.45, 2.75) is 17.9 Å². The SMILES string of the molecule is COc1ccc(C)cc1S(=O)(=O)N1CCO[C@H](c2cccc(-c3cncnc3)n2)C1. The van der Waals surface area contributed by atoms with Crippen LogP contribution >= 0.6 is 0 Å². The lowest BCUT2D eigenvalue weighted by molar-refractivity contribution is -0.00491. The van der Waals surface area contributed by atoms with Crippen LogP contribution in [0.1, 0.15) is 17.4 Å². The third-order valence-electron chi connectivity index (χ3n) is 4.92. The number of aromatic nitrogens is 3. The van der Waals surface area contributed by atoms with Gasteiger partial charge in [0.15, 0.2) is 0 Å². The summed E-state index contributed by atoms with van der Waals surface area (Å²) >= 11 is 0. The van der Waals surface area contributed by atoms with Crippen molar-refractivity contribution in [3.8, 4) is 17.0 Å². The zero-order valence-corrected chi connectivity index (χ0v) is 17.5. The summed E-state index contributed by atoms with van der Waals surface area (Å²) in [5, 5.41) is 0. The molecule has 8 nitrogen and oxygen atoms in total. The van der Waals surface area contributed by atoms with E-state index in [1.807, 2.05) is 31.2 Å². The number of aryl methyl sites for hydroxylation is 1. The van der Waals surface area contributed by atoms with E-state index < -0.39 is 16.1 Å². The van der Waals surface area contributed by atoms with Gasteiger partial charge in [-0.05, 0) is 36.8 Å². The second-order valence-electron chi connectivity index (χ2n) is 6.95. The van der Waals surface area contributed by atoms with Gasteiger partial charge < -0.3 is 9.47 Å². The zero-order valence-electron chi connectivity index (χ0n) is 16.7. The fourth-order valence-corrected chi connectivity index (χ4v) is 5.04. The highest BCUT2D eigenvalue weighted by Crippen LogP contribution is 2.31. The highest BCUT2D eigenvalue weighted by molar-refractivity contribution is 7.89. The Morgan fingerprint density at radius 1 is 1.17 bits per heavy atom. The monoisotopic (exact) mass is 426 g/mol. The normalized spacial score (nSPS) is 17.6. The second kappa shape index (κ2) is 8.47. The minimum atomic E-state index is -3.75. The molecular weight excluding hydrogens is 404 g/mol. The molecule has 1 saturated heterocycles. The Hall–Kier alpha value is -2.88.